The molecule has 1 amide bonds. The zero-order valence-corrected chi connectivity index (χ0v) is 14.1. The summed E-state index contributed by atoms with van der Waals surface area (Å²) in [7, 11) is -3.54. The van der Waals surface area contributed by atoms with Crippen molar-refractivity contribution in [2.75, 3.05) is 13.1 Å². The van der Waals surface area contributed by atoms with E-state index in [1.54, 1.807) is 12.1 Å². The van der Waals surface area contributed by atoms with Gasteiger partial charge in [0.15, 0.2) is 0 Å². The molecular weight excluding hydrogens is 324 g/mol. The highest BCUT2D eigenvalue weighted by atomic mass is 32.2. The molecule has 126 valence electrons. The molecule has 2 aromatic carbocycles. The van der Waals surface area contributed by atoms with Gasteiger partial charge in [-0.25, -0.2) is 8.42 Å². The average molecular weight is 344 g/mol. The number of carbonyl (C=O) groups is 1. The minimum atomic E-state index is -3.54. The predicted octanol–water partition coefficient (Wildman–Crippen LogP) is 2.08. The summed E-state index contributed by atoms with van der Waals surface area (Å²) in [6.07, 6.45) is 0.137. The Labute approximate surface area is 142 Å². The minimum absolute atomic E-state index is 0.0641. The van der Waals surface area contributed by atoms with E-state index in [0.717, 1.165) is 11.1 Å². The Morgan fingerprint density at radius 1 is 1.00 bits per heavy atom. The molecule has 0 unspecified atom stereocenters. The number of nitrogens with zero attached hydrogens (tertiary/aromatic N) is 1. The Bertz CT molecular complexity index is 792. The van der Waals surface area contributed by atoms with Gasteiger partial charge in [0.2, 0.25) is 15.9 Å². The molecule has 1 fully saturated rings. The van der Waals surface area contributed by atoms with Crippen LogP contribution in [0.2, 0.25) is 0 Å². The molecule has 6 heteroatoms. The van der Waals surface area contributed by atoms with E-state index in [2.05, 4.69) is 5.32 Å². The molecule has 0 saturated carbocycles. The molecule has 0 spiro atoms. The average Bonchev–Trinajstić information content (AvgIpc) is 2.78. The Balaban J connectivity index is 1.93. The lowest BCUT2D eigenvalue weighted by atomic mass is 10.0. The number of rotatable bonds is 4. The summed E-state index contributed by atoms with van der Waals surface area (Å²) in [5.74, 6) is -0.188. The van der Waals surface area contributed by atoms with Gasteiger partial charge in [0.1, 0.15) is 0 Å². The molecule has 1 aliphatic heterocycles. The molecule has 0 bridgehead atoms. The standard InChI is InChI=1S/C18H20N2O3S/c21-18-13-17(16-9-5-2-6-10-16)20(12-11-19-18)24(22,23)14-15-7-3-1-4-8-15/h1-10,17H,11-14H2,(H,19,21)/t17-/m0/s1. The van der Waals surface area contributed by atoms with Gasteiger partial charge in [0.05, 0.1) is 11.8 Å². The molecule has 0 radical (unpaired) electrons. The largest absolute Gasteiger partial charge is 0.355 e. The maximum Gasteiger partial charge on any atom is 0.222 e. The van der Waals surface area contributed by atoms with Crippen LogP contribution < -0.4 is 5.32 Å². The van der Waals surface area contributed by atoms with Crippen molar-refractivity contribution in [3.8, 4) is 0 Å². The minimum Gasteiger partial charge on any atom is -0.355 e. The molecule has 5 nitrogen and oxygen atoms in total. The van der Waals surface area contributed by atoms with Crippen molar-refractivity contribution in [3.63, 3.8) is 0 Å². The lowest BCUT2D eigenvalue weighted by Crippen LogP contribution is -2.37. The molecule has 1 heterocycles. The van der Waals surface area contributed by atoms with Gasteiger partial charge in [-0.15, -0.1) is 0 Å². The summed E-state index contributed by atoms with van der Waals surface area (Å²) in [5, 5.41) is 2.77. The highest BCUT2D eigenvalue weighted by Crippen LogP contribution is 2.29. The van der Waals surface area contributed by atoms with Crippen molar-refractivity contribution in [3.05, 3.63) is 71.8 Å². The first-order valence-corrected chi connectivity index (χ1v) is 9.52. The van der Waals surface area contributed by atoms with Gasteiger partial charge < -0.3 is 5.32 Å². The summed E-state index contributed by atoms with van der Waals surface area (Å²) in [6.45, 7) is 0.608. The maximum absolute atomic E-state index is 13.0. The van der Waals surface area contributed by atoms with Crippen LogP contribution in [0.4, 0.5) is 0 Å². The van der Waals surface area contributed by atoms with E-state index >= 15 is 0 Å². The van der Waals surface area contributed by atoms with Crippen molar-refractivity contribution in [1.29, 1.82) is 0 Å². The number of hydrogen-bond donors (Lipinski definition) is 1. The Kier molecular flexibility index (Phi) is 4.97. The summed E-state index contributed by atoms with van der Waals surface area (Å²) in [6, 6.07) is 18.0. The number of hydrogen-bond acceptors (Lipinski definition) is 3. The lowest BCUT2D eigenvalue weighted by Gasteiger charge is -2.28. The molecule has 1 atom stereocenters. The van der Waals surface area contributed by atoms with Crippen LogP contribution in [0.25, 0.3) is 0 Å². The van der Waals surface area contributed by atoms with Crippen molar-refractivity contribution in [2.45, 2.75) is 18.2 Å². The molecule has 0 aliphatic carbocycles. The molecule has 0 aromatic heterocycles. The molecule has 2 aromatic rings. The number of nitrogens with one attached hydrogen (secondary N) is 1. The van der Waals surface area contributed by atoms with Gasteiger partial charge in [-0.2, -0.15) is 4.31 Å². The van der Waals surface area contributed by atoms with E-state index in [4.69, 9.17) is 0 Å². The smallest absolute Gasteiger partial charge is 0.222 e. The number of carbonyl (C=O) groups excluding carboxylic acids is 1. The molecule has 3 rings (SSSR count). The van der Waals surface area contributed by atoms with Crippen LogP contribution in [0, 0.1) is 0 Å². The van der Waals surface area contributed by atoms with Crippen LogP contribution >= 0.6 is 0 Å². The summed E-state index contributed by atoms with van der Waals surface area (Å²) in [4.78, 5) is 12.0. The first kappa shape index (κ1) is 16.7. The second-order valence-corrected chi connectivity index (χ2v) is 7.75. The lowest BCUT2D eigenvalue weighted by molar-refractivity contribution is -0.121. The zero-order chi connectivity index (χ0) is 17.0. The molecule has 1 saturated heterocycles. The highest BCUT2D eigenvalue weighted by Gasteiger charge is 2.34. The fraction of sp³-hybridized carbons (Fsp3) is 0.278. The third-order valence-corrected chi connectivity index (χ3v) is 5.96. The third kappa shape index (κ3) is 3.83. The Morgan fingerprint density at radius 3 is 2.29 bits per heavy atom. The monoisotopic (exact) mass is 344 g/mol. The van der Waals surface area contributed by atoms with E-state index in [0.29, 0.717) is 6.54 Å². The first-order chi connectivity index (χ1) is 11.6. The second-order valence-electron chi connectivity index (χ2n) is 5.83. The SMILES string of the molecule is O=C1C[C@@H](c2ccccc2)N(S(=O)(=O)Cc2ccccc2)CCN1. The fourth-order valence-corrected chi connectivity index (χ4v) is 4.70. The molecule has 1 aliphatic rings. The van der Waals surface area contributed by atoms with Gasteiger partial charge in [-0.3, -0.25) is 4.79 Å². The van der Waals surface area contributed by atoms with Crippen LogP contribution in [0.3, 0.4) is 0 Å². The van der Waals surface area contributed by atoms with Crippen LogP contribution in [0.15, 0.2) is 60.7 Å². The summed E-state index contributed by atoms with van der Waals surface area (Å²) < 4.78 is 27.4. The van der Waals surface area contributed by atoms with Gasteiger partial charge in [-0.1, -0.05) is 60.7 Å². The van der Waals surface area contributed by atoms with E-state index in [1.165, 1.54) is 4.31 Å². The Morgan fingerprint density at radius 2 is 1.62 bits per heavy atom. The maximum atomic E-state index is 13.0. The van der Waals surface area contributed by atoms with Crippen LogP contribution in [0.1, 0.15) is 23.6 Å². The third-order valence-electron chi connectivity index (χ3n) is 4.11. The van der Waals surface area contributed by atoms with E-state index in [1.807, 2.05) is 48.5 Å². The Hall–Kier alpha value is -2.18. The van der Waals surface area contributed by atoms with E-state index < -0.39 is 16.1 Å². The molecule has 24 heavy (non-hydrogen) atoms. The topological polar surface area (TPSA) is 66.5 Å². The number of benzene rings is 2. The first-order valence-electron chi connectivity index (χ1n) is 7.91. The number of sulfonamides is 1. The van der Waals surface area contributed by atoms with E-state index in [9.17, 15) is 13.2 Å². The van der Waals surface area contributed by atoms with Crippen molar-refractivity contribution in [2.24, 2.45) is 0 Å². The van der Waals surface area contributed by atoms with Gasteiger partial charge in [-0.05, 0) is 11.1 Å². The van der Waals surface area contributed by atoms with Gasteiger partial charge in [0, 0.05) is 19.5 Å². The van der Waals surface area contributed by atoms with Crippen molar-refractivity contribution < 1.29 is 13.2 Å². The van der Waals surface area contributed by atoms with Crippen LogP contribution in [-0.4, -0.2) is 31.7 Å². The van der Waals surface area contributed by atoms with Crippen molar-refractivity contribution >= 4 is 15.9 Å². The second kappa shape index (κ2) is 7.15. The van der Waals surface area contributed by atoms with Gasteiger partial charge >= 0.3 is 0 Å². The fourth-order valence-electron chi connectivity index (χ4n) is 2.97. The summed E-state index contributed by atoms with van der Waals surface area (Å²) in [5.41, 5.74) is 1.58. The zero-order valence-electron chi connectivity index (χ0n) is 13.3. The van der Waals surface area contributed by atoms with Gasteiger partial charge in [0.25, 0.3) is 0 Å². The quantitative estimate of drug-likeness (QED) is 0.923. The summed E-state index contributed by atoms with van der Waals surface area (Å²) >= 11 is 0. The number of amides is 1. The van der Waals surface area contributed by atoms with Crippen LogP contribution in [-0.2, 0) is 20.6 Å². The normalized spacial score (nSPS) is 19.5. The molecule has 1 N–H and O–H groups in total. The van der Waals surface area contributed by atoms with Crippen molar-refractivity contribution in [1.82, 2.24) is 9.62 Å². The van der Waals surface area contributed by atoms with E-state index in [-0.39, 0.29) is 24.6 Å². The highest BCUT2D eigenvalue weighted by molar-refractivity contribution is 7.88. The van der Waals surface area contributed by atoms with Crippen LogP contribution in [0.5, 0.6) is 0 Å². The predicted molar refractivity (Wildman–Crippen MR) is 92.6 cm³/mol. The molecular formula is C18H20N2O3S.